The molecule has 4 heteroatoms. The molecule has 1 fully saturated rings. The minimum atomic E-state index is -0.775. The second-order valence-electron chi connectivity index (χ2n) is 4.14. The van der Waals surface area contributed by atoms with Gasteiger partial charge in [-0.15, -0.1) is 5.92 Å². The highest BCUT2D eigenvalue weighted by Crippen LogP contribution is 2.17. The van der Waals surface area contributed by atoms with Crippen molar-refractivity contribution in [3.05, 3.63) is 0 Å². The highest BCUT2D eigenvalue weighted by atomic mass is 16.2. The molecule has 88 valence electrons. The van der Waals surface area contributed by atoms with Gasteiger partial charge < -0.3 is 10.2 Å². The maximum atomic E-state index is 12.2. The Labute approximate surface area is 96.4 Å². The van der Waals surface area contributed by atoms with Gasteiger partial charge in [0.2, 0.25) is 11.8 Å². The second kappa shape index (κ2) is 5.02. The van der Waals surface area contributed by atoms with Crippen LogP contribution in [0.2, 0.25) is 0 Å². The van der Waals surface area contributed by atoms with E-state index < -0.39 is 5.54 Å². The van der Waals surface area contributed by atoms with Gasteiger partial charge in [0, 0.05) is 13.0 Å². The van der Waals surface area contributed by atoms with Gasteiger partial charge in [-0.2, -0.15) is 0 Å². The Kier molecular flexibility index (Phi) is 3.94. The highest BCUT2D eigenvalue weighted by molar-refractivity contribution is 5.93. The van der Waals surface area contributed by atoms with E-state index in [2.05, 4.69) is 17.2 Å². The lowest BCUT2D eigenvalue weighted by molar-refractivity contribution is -0.137. The van der Waals surface area contributed by atoms with E-state index in [0.717, 1.165) is 0 Å². The fraction of sp³-hybridized carbons (Fsp3) is 0.667. The summed E-state index contributed by atoms with van der Waals surface area (Å²) in [5.74, 6) is 5.53. The fourth-order valence-corrected chi connectivity index (χ4v) is 1.68. The zero-order valence-corrected chi connectivity index (χ0v) is 10.1. The van der Waals surface area contributed by atoms with Crippen LogP contribution in [-0.4, -0.2) is 35.3 Å². The maximum Gasteiger partial charge on any atom is 0.248 e. The molecule has 0 aliphatic carbocycles. The van der Waals surface area contributed by atoms with Crippen molar-refractivity contribution in [3.63, 3.8) is 0 Å². The minimum absolute atomic E-state index is 0.0383. The maximum absolute atomic E-state index is 12.2. The van der Waals surface area contributed by atoms with Crippen LogP contribution in [0, 0.1) is 11.8 Å². The van der Waals surface area contributed by atoms with Gasteiger partial charge in [0.1, 0.15) is 5.54 Å². The minimum Gasteiger partial charge on any atom is -0.342 e. The number of nitrogens with one attached hydrogen (secondary N) is 1. The molecule has 0 aromatic heterocycles. The Morgan fingerprint density at radius 2 is 2.19 bits per heavy atom. The van der Waals surface area contributed by atoms with Crippen molar-refractivity contribution in [2.45, 2.75) is 39.2 Å². The van der Waals surface area contributed by atoms with Crippen LogP contribution in [0.15, 0.2) is 0 Å². The summed E-state index contributed by atoms with van der Waals surface area (Å²) < 4.78 is 0. The Balaban J connectivity index is 2.90. The van der Waals surface area contributed by atoms with Gasteiger partial charge in [0.05, 0.1) is 6.54 Å². The number of carbonyl (C=O) groups is 2. The van der Waals surface area contributed by atoms with Gasteiger partial charge in [0.25, 0.3) is 0 Å². The Morgan fingerprint density at radius 3 is 2.75 bits per heavy atom. The van der Waals surface area contributed by atoms with E-state index in [1.54, 1.807) is 18.7 Å². The van der Waals surface area contributed by atoms with Gasteiger partial charge in [0.15, 0.2) is 0 Å². The first-order valence-electron chi connectivity index (χ1n) is 5.53. The molecule has 2 amide bonds. The molecule has 1 heterocycles. The number of amides is 2. The summed E-state index contributed by atoms with van der Waals surface area (Å²) in [6.07, 6.45) is 0.945. The molecule has 0 aromatic rings. The number of rotatable bonds is 2. The van der Waals surface area contributed by atoms with Crippen LogP contribution in [0.4, 0.5) is 0 Å². The van der Waals surface area contributed by atoms with Crippen molar-refractivity contribution < 1.29 is 9.59 Å². The normalized spacial score (nSPS) is 25.6. The zero-order chi connectivity index (χ0) is 12.2. The highest BCUT2D eigenvalue weighted by Gasteiger charge is 2.38. The van der Waals surface area contributed by atoms with E-state index in [0.29, 0.717) is 25.9 Å². The van der Waals surface area contributed by atoms with Gasteiger partial charge in [-0.25, -0.2) is 0 Å². The average Bonchev–Trinajstić information content (AvgIpc) is 2.37. The van der Waals surface area contributed by atoms with E-state index >= 15 is 0 Å². The fourth-order valence-electron chi connectivity index (χ4n) is 1.68. The predicted octanol–water partition coefficient (Wildman–Crippen LogP) is 0.527. The summed E-state index contributed by atoms with van der Waals surface area (Å²) >= 11 is 0. The molecule has 0 radical (unpaired) electrons. The molecular weight excluding hydrogens is 204 g/mol. The molecule has 0 bridgehead atoms. The van der Waals surface area contributed by atoms with E-state index in [-0.39, 0.29) is 11.8 Å². The quantitative estimate of drug-likeness (QED) is 0.693. The summed E-state index contributed by atoms with van der Waals surface area (Å²) in [6.45, 7) is 6.26. The molecule has 0 saturated carbocycles. The Morgan fingerprint density at radius 1 is 1.50 bits per heavy atom. The van der Waals surface area contributed by atoms with Crippen LogP contribution in [0.1, 0.15) is 33.6 Å². The van der Waals surface area contributed by atoms with Crippen molar-refractivity contribution in [2.75, 3.05) is 13.1 Å². The standard InChI is InChI=1S/C12H18N2O2/c1-4-6-8-14-9-7-10(15)13-12(3,5-2)11(14)16/h5,7-9H2,1-3H3,(H,13,15). The molecule has 1 aliphatic heterocycles. The second-order valence-corrected chi connectivity index (χ2v) is 4.14. The molecule has 4 nitrogen and oxygen atoms in total. The first-order valence-corrected chi connectivity index (χ1v) is 5.53. The number of hydrogen-bond acceptors (Lipinski definition) is 2. The number of carbonyl (C=O) groups excluding carboxylic acids is 2. The summed E-state index contributed by atoms with van der Waals surface area (Å²) in [4.78, 5) is 25.3. The largest absolute Gasteiger partial charge is 0.342 e. The summed E-state index contributed by atoms with van der Waals surface area (Å²) in [5, 5.41) is 2.78. The summed E-state index contributed by atoms with van der Waals surface area (Å²) in [7, 11) is 0. The summed E-state index contributed by atoms with van der Waals surface area (Å²) in [6, 6.07) is 0. The van der Waals surface area contributed by atoms with Crippen LogP contribution in [0.3, 0.4) is 0 Å². The summed E-state index contributed by atoms with van der Waals surface area (Å²) in [5.41, 5.74) is -0.775. The van der Waals surface area contributed by atoms with E-state index in [4.69, 9.17) is 0 Å². The van der Waals surface area contributed by atoms with Crippen LogP contribution >= 0.6 is 0 Å². The Bertz CT molecular complexity index is 354. The van der Waals surface area contributed by atoms with Crippen molar-refractivity contribution >= 4 is 11.8 Å². The van der Waals surface area contributed by atoms with Crippen molar-refractivity contribution in [2.24, 2.45) is 0 Å². The first kappa shape index (κ1) is 12.6. The lowest BCUT2D eigenvalue weighted by atomic mass is 9.97. The van der Waals surface area contributed by atoms with Gasteiger partial charge >= 0.3 is 0 Å². The molecule has 1 atom stereocenters. The van der Waals surface area contributed by atoms with Crippen molar-refractivity contribution in [1.29, 1.82) is 0 Å². The van der Waals surface area contributed by atoms with E-state index in [1.807, 2.05) is 6.92 Å². The molecule has 16 heavy (non-hydrogen) atoms. The molecular formula is C12H18N2O2. The zero-order valence-electron chi connectivity index (χ0n) is 10.1. The molecule has 1 N–H and O–H groups in total. The van der Waals surface area contributed by atoms with E-state index in [9.17, 15) is 9.59 Å². The smallest absolute Gasteiger partial charge is 0.248 e. The lowest BCUT2D eigenvalue weighted by Gasteiger charge is -2.30. The average molecular weight is 222 g/mol. The molecule has 1 rings (SSSR count). The van der Waals surface area contributed by atoms with Crippen molar-refractivity contribution in [3.8, 4) is 11.8 Å². The van der Waals surface area contributed by atoms with Crippen LogP contribution in [0.5, 0.6) is 0 Å². The topological polar surface area (TPSA) is 49.4 Å². The number of nitrogens with zero attached hydrogens (tertiary/aromatic N) is 1. The molecule has 1 saturated heterocycles. The lowest BCUT2D eigenvalue weighted by Crippen LogP contribution is -2.54. The van der Waals surface area contributed by atoms with Crippen LogP contribution in [0.25, 0.3) is 0 Å². The number of hydrogen-bond donors (Lipinski definition) is 1. The van der Waals surface area contributed by atoms with Gasteiger partial charge in [-0.1, -0.05) is 12.8 Å². The SMILES string of the molecule is CC#CCN1CCC(=O)NC(C)(CC)C1=O. The predicted molar refractivity (Wildman–Crippen MR) is 61.5 cm³/mol. The Hall–Kier alpha value is -1.50. The molecule has 1 unspecified atom stereocenters. The molecule has 1 aliphatic rings. The monoisotopic (exact) mass is 222 g/mol. The third-order valence-electron chi connectivity index (χ3n) is 2.94. The first-order chi connectivity index (χ1) is 7.53. The van der Waals surface area contributed by atoms with Crippen LogP contribution in [-0.2, 0) is 9.59 Å². The molecule has 0 spiro atoms. The van der Waals surface area contributed by atoms with Gasteiger partial charge in [-0.05, 0) is 20.3 Å². The third-order valence-corrected chi connectivity index (χ3v) is 2.94. The van der Waals surface area contributed by atoms with E-state index in [1.165, 1.54) is 0 Å². The van der Waals surface area contributed by atoms with Gasteiger partial charge in [-0.3, -0.25) is 9.59 Å². The molecule has 0 aromatic carbocycles. The third kappa shape index (κ3) is 2.54. The van der Waals surface area contributed by atoms with Crippen LogP contribution < -0.4 is 5.32 Å². The van der Waals surface area contributed by atoms with Crippen molar-refractivity contribution in [1.82, 2.24) is 10.2 Å².